The number of fused-ring (bicyclic) bond motifs is 3. The van der Waals surface area contributed by atoms with Crippen LogP contribution in [0, 0.1) is 0 Å². The van der Waals surface area contributed by atoms with E-state index in [1.165, 1.54) is 16.0 Å². The zero-order valence-electron chi connectivity index (χ0n) is 21.1. The van der Waals surface area contributed by atoms with E-state index in [0.29, 0.717) is 16.9 Å². The standard InChI is InChI=1S/C25H26N8O3S/c1-25(2,3)36-24(35)32-12-11-15(30-32)9-10-19-29-22-21(37-19)17-13-27-33(23(34)20(17)31(22)5)14-16-7-6-8-18(26-4)28-16/h6-13H,14H2,1-5H3,(H,26,28)/b10-9+. The molecular formula is C25H26N8O3S. The second kappa shape index (κ2) is 9.28. The summed E-state index contributed by atoms with van der Waals surface area (Å²) >= 11 is 1.46. The van der Waals surface area contributed by atoms with E-state index in [9.17, 15) is 9.59 Å². The Balaban J connectivity index is 1.41. The Morgan fingerprint density at radius 1 is 1.19 bits per heavy atom. The summed E-state index contributed by atoms with van der Waals surface area (Å²) in [5, 5.41) is 13.1. The molecule has 5 rings (SSSR count). The van der Waals surface area contributed by atoms with Gasteiger partial charge in [-0.05, 0) is 51.1 Å². The molecule has 0 radical (unpaired) electrons. The minimum absolute atomic E-state index is 0.202. The molecule has 190 valence electrons. The van der Waals surface area contributed by atoms with Crippen molar-refractivity contribution in [3.63, 3.8) is 0 Å². The Labute approximate surface area is 216 Å². The highest BCUT2D eigenvalue weighted by molar-refractivity contribution is 7.20. The van der Waals surface area contributed by atoms with Gasteiger partial charge in [0, 0.05) is 25.7 Å². The van der Waals surface area contributed by atoms with Crippen LogP contribution in [0.15, 0.2) is 41.5 Å². The average molecular weight is 519 g/mol. The number of anilines is 1. The van der Waals surface area contributed by atoms with Crippen molar-refractivity contribution in [3.05, 3.63) is 63.4 Å². The quantitative estimate of drug-likeness (QED) is 0.371. The van der Waals surface area contributed by atoms with Gasteiger partial charge in [0.15, 0.2) is 5.65 Å². The number of thiazole rings is 1. The third kappa shape index (κ3) is 4.87. The minimum Gasteiger partial charge on any atom is -0.442 e. The topological polar surface area (TPSA) is 122 Å². The van der Waals surface area contributed by atoms with Gasteiger partial charge in [0.2, 0.25) is 0 Å². The third-order valence-electron chi connectivity index (χ3n) is 5.50. The molecule has 0 spiro atoms. The molecule has 0 saturated heterocycles. The van der Waals surface area contributed by atoms with Gasteiger partial charge in [-0.1, -0.05) is 6.07 Å². The summed E-state index contributed by atoms with van der Waals surface area (Å²) in [4.78, 5) is 34.6. The van der Waals surface area contributed by atoms with Gasteiger partial charge in [-0.2, -0.15) is 14.9 Å². The molecule has 0 saturated carbocycles. The van der Waals surface area contributed by atoms with Crippen LogP contribution in [-0.4, -0.2) is 52.8 Å². The normalized spacial score (nSPS) is 12.1. The van der Waals surface area contributed by atoms with Crippen LogP contribution in [0.3, 0.4) is 0 Å². The van der Waals surface area contributed by atoms with E-state index in [1.54, 1.807) is 56.9 Å². The van der Waals surface area contributed by atoms with Gasteiger partial charge in [-0.3, -0.25) is 4.79 Å². The van der Waals surface area contributed by atoms with Gasteiger partial charge in [0.1, 0.15) is 21.9 Å². The van der Waals surface area contributed by atoms with Gasteiger partial charge >= 0.3 is 6.09 Å². The predicted octanol–water partition coefficient (Wildman–Crippen LogP) is 3.98. The van der Waals surface area contributed by atoms with Gasteiger partial charge in [-0.25, -0.2) is 19.4 Å². The van der Waals surface area contributed by atoms with E-state index < -0.39 is 11.7 Å². The molecule has 0 unspecified atom stereocenters. The highest BCUT2D eigenvalue weighted by Crippen LogP contribution is 2.31. The average Bonchev–Trinajstić information content (AvgIpc) is 3.55. The zero-order valence-corrected chi connectivity index (χ0v) is 21.9. The molecule has 5 aromatic heterocycles. The molecule has 5 heterocycles. The molecule has 0 bridgehead atoms. The first-order valence-electron chi connectivity index (χ1n) is 11.6. The molecular weight excluding hydrogens is 492 g/mol. The molecule has 0 fully saturated rings. The lowest BCUT2D eigenvalue weighted by atomic mass is 10.2. The highest BCUT2D eigenvalue weighted by atomic mass is 32.1. The summed E-state index contributed by atoms with van der Waals surface area (Å²) < 4.78 is 10.6. The maximum absolute atomic E-state index is 13.3. The van der Waals surface area contributed by atoms with E-state index in [0.717, 1.165) is 31.3 Å². The van der Waals surface area contributed by atoms with Crippen LogP contribution in [0.2, 0.25) is 0 Å². The summed E-state index contributed by atoms with van der Waals surface area (Å²) in [6.45, 7) is 5.67. The molecule has 1 N–H and O–H groups in total. The number of carbonyl (C=O) groups excluding carboxylic acids is 1. The van der Waals surface area contributed by atoms with Crippen molar-refractivity contribution in [3.8, 4) is 0 Å². The van der Waals surface area contributed by atoms with Gasteiger partial charge in [-0.15, -0.1) is 11.3 Å². The fourth-order valence-corrected chi connectivity index (χ4v) is 4.85. The first-order valence-corrected chi connectivity index (χ1v) is 12.4. The second-order valence-corrected chi connectivity index (χ2v) is 10.4. The highest BCUT2D eigenvalue weighted by Gasteiger charge is 2.19. The van der Waals surface area contributed by atoms with Crippen molar-refractivity contribution >= 4 is 56.6 Å². The number of hydrogen-bond donors (Lipinski definition) is 1. The zero-order chi connectivity index (χ0) is 26.3. The Morgan fingerprint density at radius 3 is 2.76 bits per heavy atom. The molecule has 0 aliphatic rings. The van der Waals surface area contributed by atoms with Crippen molar-refractivity contribution in [2.45, 2.75) is 32.9 Å². The lowest BCUT2D eigenvalue weighted by Crippen LogP contribution is -2.27. The Bertz CT molecular complexity index is 1720. The van der Waals surface area contributed by atoms with E-state index in [2.05, 4.69) is 20.5 Å². The fourth-order valence-electron chi connectivity index (χ4n) is 3.84. The number of carbonyl (C=O) groups is 1. The lowest BCUT2D eigenvalue weighted by Gasteiger charge is -2.18. The fraction of sp³-hybridized carbons (Fsp3) is 0.280. The van der Waals surface area contributed by atoms with E-state index in [4.69, 9.17) is 9.72 Å². The van der Waals surface area contributed by atoms with E-state index >= 15 is 0 Å². The lowest BCUT2D eigenvalue weighted by molar-refractivity contribution is 0.0514. The van der Waals surface area contributed by atoms with Crippen LogP contribution in [0.4, 0.5) is 10.6 Å². The first-order chi connectivity index (χ1) is 17.6. The summed E-state index contributed by atoms with van der Waals surface area (Å²) in [5.74, 6) is 0.729. The maximum atomic E-state index is 13.3. The largest absolute Gasteiger partial charge is 0.442 e. The molecule has 0 aromatic carbocycles. The summed E-state index contributed by atoms with van der Waals surface area (Å²) in [6, 6.07) is 7.33. The number of nitrogens with one attached hydrogen (secondary N) is 1. The Kier molecular flexibility index (Phi) is 6.12. The summed E-state index contributed by atoms with van der Waals surface area (Å²) in [5.41, 5.74) is 1.76. The number of nitrogens with zero attached hydrogens (tertiary/aromatic N) is 7. The van der Waals surface area contributed by atoms with Crippen LogP contribution in [0.25, 0.3) is 33.4 Å². The van der Waals surface area contributed by atoms with Gasteiger partial charge in [0.05, 0.1) is 28.8 Å². The van der Waals surface area contributed by atoms with Crippen molar-refractivity contribution in [2.75, 3.05) is 12.4 Å². The number of ether oxygens (including phenoxy) is 1. The van der Waals surface area contributed by atoms with Crippen molar-refractivity contribution in [2.24, 2.45) is 7.05 Å². The molecule has 0 atom stereocenters. The number of rotatable bonds is 5. The van der Waals surface area contributed by atoms with Crippen LogP contribution in [-0.2, 0) is 18.3 Å². The molecule has 11 nitrogen and oxygen atoms in total. The molecule has 5 aromatic rings. The summed E-state index contributed by atoms with van der Waals surface area (Å²) in [7, 11) is 3.62. The van der Waals surface area contributed by atoms with Crippen LogP contribution in [0.1, 0.15) is 37.2 Å². The van der Waals surface area contributed by atoms with Crippen LogP contribution in [0.5, 0.6) is 0 Å². The third-order valence-corrected chi connectivity index (χ3v) is 6.55. The SMILES string of the molecule is CNc1cccc(Cn2ncc3c4sc(/C=C/c5ccn(C(=O)OC(C)(C)C)n5)nc4n(C)c3c2=O)n1. The van der Waals surface area contributed by atoms with Gasteiger partial charge < -0.3 is 14.6 Å². The molecule has 0 aliphatic heterocycles. The predicted molar refractivity (Wildman–Crippen MR) is 144 cm³/mol. The molecule has 0 aliphatic carbocycles. The molecule has 12 heteroatoms. The summed E-state index contributed by atoms with van der Waals surface area (Å²) in [6.07, 6.45) is 6.32. The monoisotopic (exact) mass is 518 g/mol. The second-order valence-electron chi connectivity index (χ2n) is 9.40. The van der Waals surface area contributed by atoms with Crippen molar-refractivity contribution in [1.29, 1.82) is 0 Å². The molecule has 37 heavy (non-hydrogen) atoms. The van der Waals surface area contributed by atoms with Crippen LogP contribution < -0.4 is 10.9 Å². The number of pyridine rings is 1. The van der Waals surface area contributed by atoms with Crippen LogP contribution >= 0.6 is 11.3 Å². The maximum Gasteiger partial charge on any atom is 0.435 e. The number of aryl methyl sites for hydroxylation is 1. The van der Waals surface area contributed by atoms with Gasteiger partial charge in [0.25, 0.3) is 5.56 Å². The first kappa shape index (κ1) is 24.4. The van der Waals surface area contributed by atoms with E-state index in [-0.39, 0.29) is 12.1 Å². The minimum atomic E-state index is -0.602. The Morgan fingerprint density at radius 2 is 2.00 bits per heavy atom. The number of hydrogen-bond acceptors (Lipinski definition) is 9. The Hall–Kier alpha value is -4.32. The smallest absolute Gasteiger partial charge is 0.435 e. The van der Waals surface area contributed by atoms with Crippen molar-refractivity contribution in [1.82, 2.24) is 34.1 Å². The van der Waals surface area contributed by atoms with Crippen molar-refractivity contribution < 1.29 is 9.53 Å². The van der Waals surface area contributed by atoms with E-state index in [1.807, 2.05) is 31.3 Å². The number of aromatic nitrogens is 7. The molecule has 0 amide bonds.